The van der Waals surface area contributed by atoms with E-state index in [1.54, 1.807) is 26.0 Å². The molecule has 14 nitrogen and oxygen atoms in total. The zero-order chi connectivity index (χ0) is 31.3. The molecule has 3 aliphatic heterocycles. The van der Waals surface area contributed by atoms with Crippen molar-refractivity contribution in [2.24, 2.45) is 17.8 Å². The van der Waals surface area contributed by atoms with Gasteiger partial charge >= 0.3 is 11.9 Å². The smallest absolute Gasteiger partial charge is 0.341 e. The number of carbonyl (C=O) groups excluding carboxylic acids is 2. The predicted molar refractivity (Wildman–Crippen MR) is 139 cm³/mol. The van der Waals surface area contributed by atoms with E-state index >= 15 is 0 Å². The molecule has 6 N–H and O–H groups in total. The molecular formula is C28H37NO13. The van der Waals surface area contributed by atoms with Crippen LogP contribution >= 0.6 is 0 Å². The van der Waals surface area contributed by atoms with Crippen molar-refractivity contribution >= 4 is 17.9 Å². The number of carboxylic acid groups (broad SMARTS) is 2. The first kappa shape index (κ1) is 33.1. The van der Waals surface area contributed by atoms with E-state index in [1.165, 1.54) is 25.5 Å². The summed E-state index contributed by atoms with van der Waals surface area (Å²) in [7, 11) is 1.17. The molecule has 3 heterocycles. The van der Waals surface area contributed by atoms with Gasteiger partial charge in [-0.1, -0.05) is 32.1 Å². The van der Waals surface area contributed by atoms with Crippen molar-refractivity contribution in [2.45, 2.75) is 56.9 Å². The zero-order valence-electron chi connectivity index (χ0n) is 23.4. The Balaban J connectivity index is 1.93. The molecule has 3 rings (SSSR count). The molecule has 0 radical (unpaired) electrons. The number of hydrogen-bond acceptors (Lipinski definition) is 12. The number of methoxy groups -OCH3 is 1. The van der Waals surface area contributed by atoms with E-state index in [2.05, 4.69) is 6.58 Å². The van der Waals surface area contributed by atoms with E-state index in [4.69, 9.17) is 18.9 Å². The van der Waals surface area contributed by atoms with Crippen molar-refractivity contribution in [1.82, 2.24) is 0 Å². The number of nitrogens with one attached hydrogen (secondary N) is 1. The highest BCUT2D eigenvalue weighted by molar-refractivity contribution is 5.90. The molecule has 0 spiro atoms. The monoisotopic (exact) mass is 595 g/mol. The molecule has 3 aliphatic rings. The lowest BCUT2D eigenvalue weighted by molar-refractivity contribution is -0.867. The first-order valence-corrected chi connectivity index (χ1v) is 13.3. The first-order valence-electron chi connectivity index (χ1n) is 13.3. The van der Waals surface area contributed by atoms with Crippen molar-refractivity contribution in [1.29, 1.82) is 0 Å². The predicted octanol–water partition coefficient (Wildman–Crippen LogP) is -3.24. The standard InChI is InChI=1S/C28H37NO13/c1-5-16-17(7-6-14-8-15(24(34)35)10-29(9-14)20(13(2)3)25(36)37)18(26(38)39-4)12-40-27(16)42-28-23(33)22(32)21(31)19(11-30)41-28/h5-8,10,12-13,16-17,19-23,27-28,30-33H,1,9,11H2,2-4H3,(H,34,35)(H,36,37)/b7-6+/t16-,17+,19-,20+,21-,22+,23-,27+,28+/m1/s1. The van der Waals surface area contributed by atoms with Crippen LogP contribution in [0.2, 0.25) is 0 Å². The fourth-order valence-electron chi connectivity index (χ4n) is 5.20. The fourth-order valence-corrected chi connectivity index (χ4v) is 5.20. The van der Waals surface area contributed by atoms with Crippen LogP contribution in [0.3, 0.4) is 0 Å². The van der Waals surface area contributed by atoms with Crippen LogP contribution in [0.4, 0.5) is 0 Å². The summed E-state index contributed by atoms with van der Waals surface area (Å²) < 4.78 is 21.7. The maximum Gasteiger partial charge on any atom is 0.341 e. The van der Waals surface area contributed by atoms with Gasteiger partial charge in [0, 0.05) is 17.4 Å². The van der Waals surface area contributed by atoms with Gasteiger partial charge in [-0.3, -0.25) is 4.90 Å². The topological polar surface area (TPSA) is 217 Å². The molecule has 10 atom stereocenters. The number of esters is 1. The van der Waals surface area contributed by atoms with Gasteiger partial charge in [-0.25, -0.2) is 9.59 Å². The van der Waals surface area contributed by atoms with Gasteiger partial charge in [0.15, 0.2) is 6.29 Å². The minimum Gasteiger partial charge on any atom is -0.544 e. The number of aliphatic carboxylic acids is 2. The van der Waals surface area contributed by atoms with Gasteiger partial charge in [-0.2, -0.15) is 0 Å². The molecule has 1 saturated heterocycles. The molecule has 0 saturated carbocycles. The van der Waals surface area contributed by atoms with Gasteiger partial charge in [-0.05, 0) is 6.08 Å². The van der Waals surface area contributed by atoms with E-state index in [0.29, 0.717) is 10.5 Å². The first-order chi connectivity index (χ1) is 19.8. The molecule has 42 heavy (non-hydrogen) atoms. The van der Waals surface area contributed by atoms with Crippen molar-refractivity contribution in [3.63, 3.8) is 0 Å². The number of rotatable bonds is 11. The van der Waals surface area contributed by atoms with Crippen LogP contribution in [0, 0.1) is 17.8 Å². The third-order valence-corrected chi connectivity index (χ3v) is 7.40. The second-order valence-corrected chi connectivity index (χ2v) is 10.5. The number of ether oxygens (including phenoxy) is 4. The van der Waals surface area contributed by atoms with E-state index in [9.17, 15) is 45.0 Å². The van der Waals surface area contributed by atoms with Crippen LogP contribution in [0.25, 0.3) is 0 Å². The highest BCUT2D eigenvalue weighted by atomic mass is 16.8. The normalized spacial score (nSPS) is 34.1. The fraction of sp³-hybridized carbons (Fsp3) is 0.536. The number of aliphatic hydroxyl groups excluding tert-OH is 4. The van der Waals surface area contributed by atoms with Crippen molar-refractivity contribution in [2.75, 3.05) is 20.3 Å². The summed E-state index contributed by atoms with van der Waals surface area (Å²) in [6, 6.07) is -1.03. The minimum absolute atomic E-state index is 0.0525. The van der Waals surface area contributed by atoms with Crippen LogP contribution in [0.15, 0.2) is 60.1 Å². The van der Waals surface area contributed by atoms with E-state index in [-0.39, 0.29) is 23.6 Å². The Morgan fingerprint density at radius 3 is 2.43 bits per heavy atom. The highest BCUT2D eigenvalue weighted by Gasteiger charge is 2.47. The van der Waals surface area contributed by atoms with Gasteiger partial charge in [0.05, 0.1) is 37.4 Å². The lowest BCUT2D eigenvalue weighted by Crippen LogP contribution is -3.14. The molecular weight excluding hydrogens is 558 g/mol. The van der Waals surface area contributed by atoms with Crippen LogP contribution in [0.5, 0.6) is 0 Å². The average molecular weight is 596 g/mol. The van der Waals surface area contributed by atoms with Gasteiger partial charge < -0.3 is 54.4 Å². The van der Waals surface area contributed by atoms with Gasteiger partial charge in [0.2, 0.25) is 6.29 Å². The lowest BCUT2D eigenvalue weighted by Gasteiger charge is -2.42. The molecule has 0 aliphatic carbocycles. The number of allylic oxidation sites excluding steroid dienone is 1. The second-order valence-electron chi connectivity index (χ2n) is 10.5. The van der Waals surface area contributed by atoms with Crippen LogP contribution in [-0.2, 0) is 33.3 Å². The summed E-state index contributed by atoms with van der Waals surface area (Å²) in [5.74, 6) is -5.35. The minimum atomic E-state index is -1.71. The van der Waals surface area contributed by atoms with Gasteiger partial charge in [-0.15, -0.1) is 6.58 Å². The maximum atomic E-state index is 12.6. The van der Waals surface area contributed by atoms with E-state index in [1.807, 2.05) is 0 Å². The SMILES string of the molecule is C=C[C@H]1[C@H](O[C@@H]2O[C@H](CO)[C@@H](O)[C@H](O)[C@H]2O)OC=C(C(=O)OC)[C@H]1/C=C/C1=CC(C(=O)O)=C[NH+]([C@H](C(=O)[O-])C(C)C)C1. The molecule has 1 fully saturated rings. The quantitative estimate of drug-likeness (QED) is 0.102. The number of carbonyl (C=O) groups is 3. The summed E-state index contributed by atoms with van der Waals surface area (Å²) in [5.41, 5.74) is 0.376. The molecule has 0 aromatic carbocycles. The summed E-state index contributed by atoms with van der Waals surface area (Å²) in [6.07, 6.45) is -0.672. The molecule has 1 unspecified atom stereocenters. The third kappa shape index (κ3) is 7.15. The van der Waals surface area contributed by atoms with Crippen LogP contribution < -0.4 is 10.0 Å². The van der Waals surface area contributed by atoms with Crippen molar-refractivity contribution in [3.8, 4) is 0 Å². The molecule has 0 bridgehead atoms. The van der Waals surface area contributed by atoms with Gasteiger partial charge in [0.1, 0.15) is 48.8 Å². The molecule has 232 valence electrons. The van der Waals surface area contributed by atoms with E-state index < -0.39 is 79.4 Å². The Hall–Kier alpha value is -3.37. The van der Waals surface area contributed by atoms with Crippen molar-refractivity contribution < 1.29 is 68.9 Å². The summed E-state index contributed by atoms with van der Waals surface area (Å²) in [5, 5.41) is 61.6. The largest absolute Gasteiger partial charge is 0.544 e. The Morgan fingerprint density at radius 1 is 1.19 bits per heavy atom. The Labute approximate surface area is 242 Å². The maximum absolute atomic E-state index is 12.6. The number of hydrogen-bond donors (Lipinski definition) is 6. The van der Waals surface area contributed by atoms with Crippen molar-refractivity contribution in [3.05, 3.63) is 60.1 Å². The summed E-state index contributed by atoms with van der Waals surface area (Å²) in [4.78, 5) is 36.6. The Kier molecular flexibility index (Phi) is 11.2. The van der Waals surface area contributed by atoms with E-state index in [0.717, 1.165) is 6.26 Å². The Morgan fingerprint density at radius 2 is 1.88 bits per heavy atom. The zero-order valence-corrected chi connectivity index (χ0v) is 23.4. The molecule has 0 aromatic heterocycles. The van der Waals surface area contributed by atoms with Crippen LogP contribution in [-0.4, -0.2) is 107 Å². The number of aliphatic hydroxyl groups is 4. The second kappa shape index (κ2) is 14.2. The highest BCUT2D eigenvalue weighted by Crippen LogP contribution is 2.36. The summed E-state index contributed by atoms with van der Waals surface area (Å²) >= 11 is 0. The third-order valence-electron chi connectivity index (χ3n) is 7.40. The lowest BCUT2D eigenvalue weighted by atomic mass is 9.83. The molecule has 0 aromatic rings. The molecule has 0 amide bonds. The summed E-state index contributed by atoms with van der Waals surface area (Å²) in [6.45, 7) is 6.61. The van der Waals surface area contributed by atoms with Gasteiger partial charge in [0.25, 0.3) is 0 Å². The average Bonchev–Trinajstić information content (AvgIpc) is 2.95. The Bertz CT molecular complexity index is 1160. The number of carboxylic acids is 2. The molecule has 14 heteroatoms. The van der Waals surface area contributed by atoms with Crippen LogP contribution in [0.1, 0.15) is 13.8 Å². The number of quaternary nitrogens is 1.